The van der Waals surface area contributed by atoms with Crippen molar-refractivity contribution in [3.63, 3.8) is 0 Å². The number of carbonyl (C=O) groups is 2. The Morgan fingerprint density at radius 1 is 1.31 bits per heavy atom. The first-order chi connectivity index (χ1) is 11.9. The second-order valence-corrected chi connectivity index (χ2v) is 6.77. The van der Waals surface area contributed by atoms with Gasteiger partial charge in [-0.15, -0.1) is 0 Å². The van der Waals surface area contributed by atoms with Crippen LogP contribution in [-0.2, 0) is 4.79 Å². The third kappa shape index (κ3) is 4.92. The number of benzene rings is 1. The van der Waals surface area contributed by atoms with Crippen molar-refractivity contribution in [2.75, 3.05) is 26.2 Å². The maximum atomic E-state index is 13.3. The summed E-state index contributed by atoms with van der Waals surface area (Å²) >= 11 is 5.68. The highest BCUT2D eigenvalue weighted by Crippen LogP contribution is 2.31. The Balaban J connectivity index is 2.10. The molecular formula is C15H17BClFN2O6. The minimum Gasteiger partial charge on any atom is -0.480 e. The summed E-state index contributed by atoms with van der Waals surface area (Å²) in [6.07, 6.45) is 0. The largest absolute Gasteiger partial charge is 0.480 e. The molecule has 5 N–H and O–H groups in total. The summed E-state index contributed by atoms with van der Waals surface area (Å²) < 4.78 is 13.3. The maximum absolute atomic E-state index is 13.3. The summed E-state index contributed by atoms with van der Waals surface area (Å²) in [6, 6.07) is 3.17. The third-order valence-electron chi connectivity index (χ3n) is 4.05. The number of β-amino-alcohol motifs (C(OH)–C–C–N with tert-alkyl or cyclic N) is 3. The van der Waals surface area contributed by atoms with E-state index in [-0.39, 0.29) is 17.1 Å². The molecule has 0 aliphatic carbocycles. The van der Waals surface area contributed by atoms with Gasteiger partial charge in [0.15, 0.2) is 5.79 Å². The molecule has 11 heteroatoms. The molecule has 0 saturated carbocycles. The van der Waals surface area contributed by atoms with E-state index in [0.717, 1.165) is 17.0 Å². The Labute approximate surface area is 154 Å². The summed E-state index contributed by atoms with van der Waals surface area (Å²) in [5.74, 6) is -6.70. The van der Waals surface area contributed by atoms with E-state index in [2.05, 4.69) is 5.32 Å². The molecule has 1 heterocycles. The Morgan fingerprint density at radius 3 is 2.50 bits per heavy atom. The van der Waals surface area contributed by atoms with Crippen molar-refractivity contribution in [3.05, 3.63) is 34.6 Å². The summed E-state index contributed by atoms with van der Waals surface area (Å²) in [4.78, 5) is 23.9. The molecule has 1 amide bonds. The number of halogens is 2. The van der Waals surface area contributed by atoms with Gasteiger partial charge in [0.1, 0.15) is 13.7 Å². The number of nitrogens with one attached hydrogen (secondary N) is 1. The standard InChI is InChI=1S/C15H17BClFN2O6/c16-14(24)6-20(5-12(21)22)7-15(25,26)11(14)4-19-13(23)8-1-9(17)3-10(18)2-8/h1-3,11,24-26H,4-7H2,(H,19,23)(H,21,22). The van der Waals surface area contributed by atoms with Gasteiger partial charge in [0.25, 0.3) is 5.91 Å². The normalized spacial score (nSPS) is 25.7. The maximum Gasteiger partial charge on any atom is 0.317 e. The lowest BCUT2D eigenvalue weighted by Gasteiger charge is -2.49. The SMILES string of the molecule is [B]C1(O)CN(CC(=O)O)CC(O)(O)C1CNC(=O)c1cc(F)cc(Cl)c1. The van der Waals surface area contributed by atoms with Gasteiger partial charge in [0.05, 0.1) is 19.0 Å². The van der Waals surface area contributed by atoms with E-state index in [1.165, 1.54) is 6.07 Å². The zero-order chi connectivity index (χ0) is 19.7. The van der Waals surface area contributed by atoms with Gasteiger partial charge in [0.2, 0.25) is 0 Å². The molecule has 1 aromatic rings. The highest BCUT2D eigenvalue weighted by molar-refractivity contribution is 6.31. The molecular weight excluding hydrogens is 369 g/mol. The summed E-state index contributed by atoms with van der Waals surface area (Å²) in [6.45, 7) is -1.85. The molecule has 0 aromatic heterocycles. The molecule has 8 nitrogen and oxygen atoms in total. The molecule has 0 spiro atoms. The molecule has 1 saturated heterocycles. The lowest BCUT2D eigenvalue weighted by molar-refractivity contribution is -0.260. The smallest absolute Gasteiger partial charge is 0.317 e. The van der Waals surface area contributed by atoms with Crippen LogP contribution >= 0.6 is 11.6 Å². The molecule has 1 aromatic carbocycles. The van der Waals surface area contributed by atoms with Crippen molar-refractivity contribution in [2.24, 2.45) is 5.92 Å². The van der Waals surface area contributed by atoms with Crippen LogP contribution < -0.4 is 5.32 Å². The number of hydrogen-bond donors (Lipinski definition) is 5. The fourth-order valence-electron chi connectivity index (χ4n) is 2.99. The second kappa shape index (κ2) is 7.49. The number of aliphatic hydroxyl groups is 3. The summed E-state index contributed by atoms with van der Waals surface area (Å²) in [7, 11) is 5.71. The van der Waals surface area contributed by atoms with Gasteiger partial charge >= 0.3 is 5.97 Å². The quantitative estimate of drug-likeness (QED) is 0.316. The highest BCUT2D eigenvalue weighted by atomic mass is 35.5. The number of likely N-dealkylation sites (tertiary alicyclic amines) is 1. The fraction of sp³-hybridized carbons (Fsp3) is 0.467. The van der Waals surface area contributed by atoms with Crippen LogP contribution in [0.2, 0.25) is 5.02 Å². The summed E-state index contributed by atoms with van der Waals surface area (Å²) in [5.41, 5.74) is -2.29. The van der Waals surface area contributed by atoms with E-state index >= 15 is 0 Å². The van der Waals surface area contributed by atoms with Gasteiger partial charge in [-0.1, -0.05) is 11.6 Å². The van der Waals surface area contributed by atoms with Crippen LogP contribution in [0, 0.1) is 11.7 Å². The van der Waals surface area contributed by atoms with Crippen LogP contribution in [0.3, 0.4) is 0 Å². The third-order valence-corrected chi connectivity index (χ3v) is 4.26. The number of nitrogens with zero attached hydrogens (tertiary/aromatic N) is 1. The first-order valence-corrected chi connectivity index (χ1v) is 7.93. The van der Waals surface area contributed by atoms with Gasteiger partial charge in [-0.2, -0.15) is 0 Å². The van der Waals surface area contributed by atoms with E-state index in [9.17, 15) is 29.3 Å². The van der Waals surface area contributed by atoms with E-state index in [1.54, 1.807) is 0 Å². The first-order valence-electron chi connectivity index (χ1n) is 7.55. The van der Waals surface area contributed by atoms with E-state index in [1.807, 2.05) is 0 Å². The Kier molecular flexibility index (Phi) is 5.94. The molecule has 140 valence electrons. The summed E-state index contributed by atoms with van der Waals surface area (Å²) in [5, 5.41) is 41.8. The Morgan fingerprint density at radius 2 is 1.96 bits per heavy atom. The molecule has 1 aliphatic rings. The fourth-order valence-corrected chi connectivity index (χ4v) is 3.21. The average molecular weight is 387 g/mol. The topological polar surface area (TPSA) is 130 Å². The second-order valence-electron chi connectivity index (χ2n) is 6.33. The minimum atomic E-state index is -2.57. The molecule has 2 atom stereocenters. The van der Waals surface area contributed by atoms with Crippen LogP contribution in [0.15, 0.2) is 18.2 Å². The predicted octanol–water partition coefficient (Wildman–Crippen LogP) is -1.24. The van der Waals surface area contributed by atoms with E-state index in [0.29, 0.717) is 0 Å². The van der Waals surface area contributed by atoms with Crippen LogP contribution in [0.4, 0.5) is 4.39 Å². The van der Waals surface area contributed by atoms with Gasteiger partial charge in [-0.3, -0.25) is 14.5 Å². The number of carboxylic acids is 1. The van der Waals surface area contributed by atoms with Gasteiger partial charge < -0.3 is 25.7 Å². The van der Waals surface area contributed by atoms with Crippen LogP contribution in [0.25, 0.3) is 0 Å². The van der Waals surface area contributed by atoms with Crippen molar-refractivity contribution in [2.45, 2.75) is 11.3 Å². The van der Waals surface area contributed by atoms with E-state index < -0.39 is 54.5 Å². The number of hydrogen-bond acceptors (Lipinski definition) is 6. The predicted molar refractivity (Wildman–Crippen MR) is 89.2 cm³/mol. The van der Waals surface area contributed by atoms with Crippen molar-refractivity contribution in [1.82, 2.24) is 10.2 Å². The number of carbonyl (C=O) groups excluding carboxylic acids is 1. The Hall–Kier alpha value is -1.72. The molecule has 1 aliphatic heterocycles. The molecule has 26 heavy (non-hydrogen) atoms. The van der Waals surface area contributed by atoms with Crippen LogP contribution in [0.5, 0.6) is 0 Å². The molecule has 2 radical (unpaired) electrons. The first kappa shape index (κ1) is 20.6. The van der Waals surface area contributed by atoms with Gasteiger partial charge in [0, 0.05) is 29.2 Å². The highest BCUT2D eigenvalue weighted by Gasteiger charge is 2.51. The molecule has 1 fully saturated rings. The number of amides is 1. The van der Waals surface area contributed by atoms with Gasteiger partial charge in [-0.25, -0.2) is 4.39 Å². The number of piperidine rings is 1. The molecule has 2 rings (SSSR count). The monoisotopic (exact) mass is 386 g/mol. The van der Waals surface area contributed by atoms with E-state index in [4.69, 9.17) is 24.6 Å². The zero-order valence-electron chi connectivity index (χ0n) is 13.5. The minimum absolute atomic E-state index is 0.00567. The van der Waals surface area contributed by atoms with Crippen molar-refractivity contribution in [1.29, 1.82) is 0 Å². The Bertz CT molecular complexity index is 679. The van der Waals surface area contributed by atoms with Crippen LogP contribution in [-0.4, -0.2) is 82.5 Å². The molecule has 0 bridgehead atoms. The number of aliphatic carboxylic acids is 1. The van der Waals surface area contributed by atoms with Crippen LogP contribution in [0.1, 0.15) is 10.4 Å². The lowest BCUT2D eigenvalue weighted by atomic mass is 9.65. The lowest BCUT2D eigenvalue weighted by Crippen LogP contribution is -2.69. The zero-order valence-corrected chi connectivity index (χ0v) is 14.3. The van der Waals surface area contributed by atoms with Crippen molar-refractivity contribution < 1.29 is 34.4 Å². The van der Waals surface area contributed by atoms with Crippen molar-refractivity contribution in [3.8, 4) is 0 Å². The van der Waals surface area contributed by atoms with Crippen molar-refractivity contribution >= 4 is 31.3 Å². The van der Waals surface area contributed by atoms with Gasteiger partial charge in [-0.05, 0) is 18.2 Å². The molecule has 2 unspecified atom stereocenters. The number of carboxylic acid groups (broad SMARTS) is 1. The number of rotatable bonds is 5. The average Bonchev–Trinajstić information content (AvgIpc) is 2.42.